The summed E-state index contributed by atoms with van der Waals surface area (Å²) in [6.45, 7) is 0. The van der Waals surface area contributed by atoms with E-state index in [0.29, 0.717) is 22.7 Å². The molecule has 0 saturated heterocycles. The number of nitrogens with zero attached hydrogens (tertiary/aromatic N) is 1. The van der Waals surface area contributed by atoms with Crippen molar-refractivity contribution in [3.63, 3.8) is 0 Å². The molecular weight excluding hydrogens is 376 g/mol. The van der Waals surface area contributed by atoms with Gasteiger partial charge in [0.1, 0.15) is 11.5 Å². The summed E-state index contributed by atoms with van der Waals surface area (Å²) in [4.78, 5) is 12.9. The van der Waals surface area contributed by atoms with Crippen LogP contribution in [-0.2, 0) is 10.0 Å². The SMILES string of the molecule is CN(C)S(=O)(=O)c1ccc(NC(=O)c2ccccc2Oc2ccccc2)cc1. The molecule has 1 amide bonds. The predicted molar refractivity (Wildman–Crippen MR) is 108 cm³/mol. The van der Waals surface area contributed by atoms with E-state index in [4.69, 9.17) is 4.74 Å². The minimum atomic E-state index is -3.51. The van der Waals surface area contributed by atoms with E-state index in [9.17, 15) is 13.2 Å². The molecular formula is C21H20N2O4S. The molecule has 0 fully saturated rings. The first-order chi connectivity index (χ1) is 13.4. The molecule has 3 rings (SSSR count). The molecule has 0 saturated carbocycles. The Morgan fingerprint density at radius 3 is 2.11 bits per heavy atom. The second-order valence-corrected chi connectivity index (χ2v) is 8.33. The summed E-state index contributed by atoms with van der Waals surface area (Å²) in [6.07, 6.45) is 0. The van der Waals surface area contributed by atoms with Gasteiger partial charge in [-0.25, -0.2) is 12.7 Å². The molecule has 0 spiro atoms. The van der Waals surface area contributed by atoms with Gasteiger partial charge in [0.25, 0.3) is 5.91 Å². The third kappa shape index (κ3) is 4.39. The van der Waals surface area contributed by atoms with E-state index in [0.717, 1.165) is 4.31 Å². The van der Waals surface area contributed by atoms with Crippen LogP contribution >= 0.6 is 0 Å². The number of ether oxygens (including phenoxy) is 1. The van der Waals surface area contributed by atoms with Crippen LogP contribution < -0.4 is 10.1 Å². The lowest BCUT2D eigenvalue weighted by Crippen LogP contribution is -2.22. The van der Waals surface area contributed by atoms with E-state index in [1.807, 2.05) is 18.2 Å². The summed E-state index contributed by atoms with van der Waals surface area (Å²) in [7, 11) is -0.581. The van der Waals surface area contributed by atoms with Crippen LogP contribution in [-0.4, -0.2) is 32.7 Å². The average Bonchev–Trinajstić information content (AvgIpc) is 2.69. The molecule has 3 aromatic carbocycles. The molecule has 3 aromatic rings. The van der Waals surface area contributed by atoms with E-state index in [-0.39, 0.29) is 10.8 Å². The van der Waals surface area contributed by atoms with Crippen molar-refractivity contribution in [2.75, 3.05) is 19.4 Å². The Hall–Kier alpha value is -3.16. The summed E-state index contributed by atoms with van der Waals surface area (Å²) in [6, 6.07) is 22.1. The van der Waals surface area contributed by atoms with Crippen LogP contribution in [0.25, 0.3) is 0 Å². The number of carbonyl (C=O) groups is 1. The molecule has 144 valence electrons. The molecule has 7 heteroatoms. The Bertz CT molecular complexity index is 1060. The molecule has 28 heavy (non-hydrogen) atoms. The molecule has 0 bridgehead atoms. The largest absolute Gasteiger partial charge is 0.457 e. The summed E-state index contributed by atoms with van der Waals surface area (Å²) in [5.74, 6) is 0.703. The molecule has 1 N–H and O–H groups in total. The Balaban J connectivity index is 1.79. The average molecular weight is 396 g/mol. The Labute approximate surface area is 164 Å². The maximum Gasteiger partial charge on any atom is 0.259 e. The van der Waals surface area contributed by atoms with Crippen LogP contribution in [0.3, 0.4) is 0 Å². The molecule has 0 atom stereocenters. The predicted octanol–water partition coefficient (Wildman–Crippen LogP) is 3.98. The molecule has 0 aliphatic heterocycles. The fourth-order valence-electron chi connectivity index (χ4n) is 2.48. The zero-order valence-corrected chi connectivity index (χ0v) is 16.3. The monoisotopic (exact) mass is 396 g/mol. The minimum Gasteiger partial charge on any atom is -0.457 e. The highest BCUT2D eigenvalue weighted by molar-refractivity contribution is 7.89. The summed E-state index contributed by atoms with van der Waals surface area (Å²) < 4.78 is 31.2. The van der Waals surface area contributed by atoms with Crippen LogP contribution in [0.5, 0.6) is 11.5 Å². The number of benzene rings is 3. The lowest BCUT2D eigenvalue weighted by Gasteiger charge is -2.13. The van der Waals surface area contributed by atoms with Crippen molar-refractivity contribution in [2.24, 2.45) is 0 Å². The van der Waals surface area contributed by atoms with Crippen LogP contribution in [0.4, 0.5) is 5.69 Å². The van der Waals surface area contributed by atoms with Crippen molar-refractivity contribution in [3.8, 4) is 11.5 Å². The van der Waals surface area contributed by atoms with Gasteiger partial charge in [-0.3, -0.25) is 4.79 Å². The van der Waals surface area contributed by atoms with Gasteiger partial charge in [0.2, 0.25) is 10.0 Å². The fourth-order valence-corrected chi connectivity index (χ4v) is 3.38. The smallest absolute Gasteiger partial charge is 0.259 e. The van der Waals surface area contributed by atoms with E-state index in [1.54, 1.807) is 48.5 Å². The zero-order valence-electron chi connectivity index (χ0n) is 15.5. The van der Waals surface area contributed by atoms with Gasteiger partial charge in [0.15, 0.2) is 0 Å². The van der Waals surface area contributed by atoms with Gasteiger partial charge in [-0.2, -0.15) is 0 Å². The van der Waals surface area contributed by atoms with Gasteiger partial charge in [0, 0.05) is 19.8 Å². The second kappa shape index (κ2) is 8.24. The van der Waals surface area contributed by atoms with Crippen LogP contribution in [0.2, 0.25) is 0 Å². The molecule has 0 aliphatic carbocycles. The van der Waals surface area contributed by atoms with E-state index >= 15 is 0 Å². The molecule has 0 aromatic heterocycles. The van der Waals surface area contributed by atoms with Crippen molar-refractivity contribution in [3.05, 3.63) is 84.4 Å². The maximum absolute atomic E-state index is 12.7. The Morgan fingerprint density at radius 1 is 0.857 bits per heavy atom. The minimum absolute atomic E-state index is 0.156. The number of anilines is 1. The normalized spacial score (nSPS) is 11.2. The molecule has 0 heterocycles. The third-order valence-electron chi connectivity index (χ3n) is 3.99. The third-order valence-corrected chi connectivity index (χ3v) is 5.82. The van der Waals surface area contributed by atoms with Crippen molar-refractivity contribution in [1.82, 2.24) is 4.31 Å². The Morgan fingerprint density at radius 2 is 1.46 bits per heavy atom. The quantitative estimate of drug-likeness (QED) is 0.684. The van der Waals surface area contributed by atoms with Gasteiger partial charge < -0.3 is 10.1 Å². The highest BCUT2D eigenvalue weighted by Crippen LogP contribution is 2.26. The number of para-hydroxylation sites is 2. The fraction of sp³-hybridized carbons (Fsp3) is 0.0952. The highest BCUT2D eigenvalue weighted by atomic mass is 32.2. The van der Waals surface area contributed by atoms with Crippen molar-refractivity contribution in [2.45, 2.75) is 4.90 Å². The number of hydrogen-bond donors (Lipinski definition) is 1. The van der Waals surface area contributed by atoms with E-state index in [1.165, 1.54) is 26.2 Å². The van der Waals surface area contributed by atoms with E-state index < -0.39 is 10.0 Å². The number of nitrogens with one attached hydrogen (secondary N) is 1. The first kappa shape index (κ1) is 19.6. The molecule has 0 aliphatic rings. The second-order valence-electron chi connectivity index (χ2n) is 6.18. The Kier molecular flexibility index (Phi) is 5.77. The van der Waals surface area contributed by atoms with Gasteiger partial charge in [-0.05, 0) is 48.5 Å². The van der Waals surface area contributed by atoms with Crippen LogP contribution in [0, 0.1) is 0 Å². The number of rotatable bonds is 6. The number of sulfonamides is 1. The van der Waals surface area contributed by atoms with Crippen molar-refractivity contribution >= 4 is 21.6 Å². The summed E-state index contributed by atoms with van der Waals surface area (Å²) >= 11 is 0. The molecule has 0 radical (unpaired) electrons. The van der Waals surface area contributed by atoms with Gasteiger partial charge in [0.05, 0.1) is 10.5 Å². The van der Waals surface area contributed by atoms with Gasteiger partial charge >= 0.3 is 0 Å². The number of carbonyl (C=O) groups excluding carboxylic acids is 1. The summed E-state index contributed by atoms with van der Waals surface area (Å²) in [5.41, 5.74) is 0.855. The standard InChI is InChI=1S/C21H20N2O4S/c1-23(2)28(25,26)18-14-12-16(13-15-18)22-21(24)19-10-6-7-11-20(19)27-17-8-4-3-5-9-17/h3-15H,1-2H3,(H,22,24). The first-order valence-electron chi connectivity index (χ1n) is 8.54. The summed E-state index contributed by atoms with van der Waals surface area (Å²) in [5, 5.41) is 2.76. The van der Waals surface area contributed by atoms with Gasteiger partial charge in [-0.1, -0.05) is 30.3 Å². The molecule has 0 unspecified atom stereocenters. The van der Waals surface area contributed by atoms with Crippen molar-refractivity contribution < 1.29 is 17.9 Å². The maximum atomic E-state index is 12.7. The lowest BCUT2D eigenvalue weighted by atomic mass is 10.2. The van der Waals surface area contributed by atoms with E-state index in [2.05, 4.69) is 5.32 Å². The van der Waals surface area contributed by atoms with Gasteiger partial charge in [-0.15, -0.1) is 0 Å². The van der Waals surface area contributed by atoms with Crippen LogP contribution in [0.15, 0.2) is 83.8 Å². The first-order valence-corrected chi connectivity index (χ1v) is 9.98. The highest BCUT2D eigenvalue weighted by Gasteiger charge is 2.17. The van der Waals surface area contributed by atoms with Crippen molar-refractivity contribution in [1.29, 1.82) is 0 Å². The topological polar surface area (TPSA) is 75.7 Å². The molecule has 6 nitrogen and oxygen atoms in total. The lowest BCUT2D eigenvalue weighted by molar-refractivity contribution is 0.102. The number of amides is 1. The van der Waals surface area contributed by atoms with Crippen LogP contribution in [0.1, 0.15) is 10.4 Å². The zero-order chi connectivity index (χ0) is 20.1. The number of hydrogen-bond acceptors (Lipinski definition) is 4.